The van der Waals surface area contributed by atoms with Crippen LogP contribution in [0.5, 0.6) is 0 Å². The van der Waals surface area contributed by atoms with Gasteiger partial charge in [0.2, 0.25) is 0 Å². The van der Waals surface area contributed by atoms with Crippen LogP contribution in [0.1, 0.15) is 24.0 Å². The fraction of sp³-hybridized carbons (Fsp3) is 0.167. The van der Waals surface area contributed by atoms with Crippen LogP contribution < -0.4 is 5.32 Å². The van der Waals surface area contributed by atoms with Gasteiger partial charge in [-0.3, -0.25) is 4.79 Å². The summed E-state index contributed by atoms with van der Waals surface area (Å²) >= 11 is 0. The monoisotopic (exact) mass is 261 g/mol. The molecule has 20 heavy (non-hydrogen) atoms. The number of carbonyl (C=O) groups is 1. The minimum atomic E-state index is 0.0388. The van der Waals surface area contributed by atoms with Crippen molar-refractivity contribution in [3.05, 3.63) is 65.7 Å². The van der Waals surface area contributed by atoms with Crippen LogP contribution in [0.3, 0.4) is 0 Å². The second-order valence-corrected chi connectivity index (χ2v) is 5.43. The average Bonchev–Trinajstić information content (AvgIpc) is 3.25. The first-order chi connectivity index (χ1) is 9.84. The number of nitrogens with one attached hydrogen (secondary N) is 1. The highest BCUT2D eigenvalue weighted by Gasteiger charge is 2.35. The highest BCUT2D eigenvalue weighted by atomic mass is 16.2. The van der Waals surface area contributed by atoms with E-state index in [9.17, 15) is 4.79 Å². The third kappa shape index (κ3) is 1.76. The number of rotatable bonds is 2. The number of fused-ring (bicyclic) bond motifs is 1. The van der Waals surface area contributed by atoms with Crippen LogP contribution in [0.15, 0.2) is 54.6 Å². The summed E-state index contributed by atoms with van der Waals surface area (Å²) < 4.78 is 0. The van der Waals surface area contributed by atoms with Gasteiger partial charge in [0, 0.05) is 11.3 Å². The second-order valence-electron chi connectivity index (χ2n) is 5.43. The van der Waals surface area contributed by atoms with Crippen LogP contribution in [0.4, 0.5) is 5.69 Å². The maximum absolute atomic E-state index is 12.4. The lowest BCUT2D eigenvalue weighted by molar-refractivity contribution is -0.110. The van der Waals surface area contributed by atoms with Gasteiger partial charge >= 0.3 is 0 Å². The van der Waals surface area contributed by atoms with Gasteiger partial charge in [-0.1, -0.05) is 48.5 Å². The number of hydrogen-bond donors (Lipinski definition) is 1. The number of hydrogen-bond acceptors (Lipinski definition) is 1. The van der Waals surface area contributed by atoms with E-state index in [-0.39, 0.29) is 5.91 Å². The molecule has 2 heteroatoms. The Morgan fingerprint density at radius 2 is 1.65 bits per heavy atom. The lowest BCUT2D eigenvalue weighted by Crippen LogP contribution is -2.06. The van der Waals surface area contributed by atoms with Crippen LogP contribution >= 0.6 is 0 Å². The Labute approximate surface area is 118 Å². The molecular weight excluding hydrogens is 246 g/mol. The Balaban J connectivity index is 1.97. The van der Waals surface area contributed by atoms with E-state index in [1.54, 1.807) is 0 Å². The summed E-state index contributed by atoms with van der Waals surface area (Å²) in [5, 5.41) is 2.98. The molecule has 1 heterocycles. The Morgan fingerprint density at radius 1 is 0.950 bits per heavy atom. The molecular formula is C18H15NO. The van der Waals surface area contributed by atoms with E-state index in [4.69, 9.17) is 0 Å². The molecule has 0 atom stereocenters. The summed E-state index contributed by atoms with van der Waals surface area (Å²) in [5.74, 6) is 0.571. The molecule has 0 spiro atoms. The van der Waals surface area contributed by atoms with E-state index in [0.29, 0.717) is 5.92 Å². The molecule has 1 fully saturated rings. The molecule has 98 valence electrons. The van der Waals surface area contributed by atoms with E-state index < -0.39 is 0 Å². The number of allylic oxidation sites excluding steroid dienone is 1. The van der Waals surface area contributed by atoms with E-state index >= 15 is 0 Å². The number of para-hydroxylation sites is 1. The minimum absolute atomic E-state index is 0.0388. The van der Waals surface area contributed by atoms with Crippen LogP contribution in [0.2, 0.25) is 0 Å². The van der Waals surface area contributed by atoms with Crippen molar-refractivity contribution in [3.8, 4) is 0 Å². The Kier molecular flexibility index (Phi) is 2.49. The minimum Gasteiger partial charge on any atom is -0.321 e. The number of carbonyl (C=O) groups excluding carboxylic acids is 1. The van der Waals surface area contributed by atoms with Gasteiger partial charge in [0.1, 0.15) is 0 Å². The molecule has 1 N–H and O–H groups in total. The zero-order valence-corrected chi connectivity index (χ0v) is 11.1. The first kappa shape index (κ1) is 11.5. The van der Waals surface area contributed by atoms with Gasteiger partial charge in [0.05, 0.1) is 5.57 Å². The van der Waals surface area contributed by atoms with Gasteiger partial charge in [0.15, 0.2) is 0 Å². The molecule has 2 aliphatic rings. The fourth-order valence-electron chi connectivity index (χ4n) is 2.96. The van der Waals surface area contributed by atoms with E-state index in [0.717, 1.165) is 16.8 Å². The summed E-state index contributed by atoms with van der Waals surface area (Å²) in [6.45, 7) is 0. The first-order valence-corrected chi connectivity index (χ1v) is 7.05. The van der Waals surface area contributed by atoms with E-state index in [1.165, 1.54) is 24.0 Å². The van der Waals surface area contributed by atoms with Gasteiger partial charge in [0.25, 0.3) is 5.91 Å². The number of benzene rings is 2. The lowest BCUT2D eigenvalue weighted by Gasteiger charge is -2.10. The first-order valence-electron chi connectivity index (χ1n) is 7.05. The lowest BCUT2D eigenvalue weighted by atomic mass is 9.92. The molecule has 0 unspecified atom stereocenters. The highest BCUT2D eigenvalue weighted by Crippen LogP contribution is 2.48. The molecule has 1 amide bonds. The second kappa shape index (κ2) is 4.34. The molecule has 2 aromatic rings. The molecule has 0 aromatic heterocycles. The zero-order valence-electron chi connectivity index (χ0n) is 11.1. The maximum Gasteiger partial charge on any atom is 0.256 e. The van der Waals surface area contributed by atoms with Crippen molar-refractivity contribution >= 4 is 22.7 Å². The van der Waals surface area contributed by atoms with Gasteiger partial charge in [-0.25, -0.2) is 0 Å². The summed E-state index contributed by atoms with van der Waals surface area (Å²) in [7, 11) is 0. The topological polar surface area (TPSA) is 29.1 Å². The molecule has 2 aromatic carbocycles. The summed E-state index contributed by atoms with van der Waals surface area (Å²) in [5.41, 5.74) is 5.24. The van der Waals surface area contributed by atoms with E-state index in [1.807, 2.05) is 42.5 Å². The van der Waals surface area contributed by atoms with Crippen molar-refractivity contribution in [1.29, 1.82) is 0 Å². The van der Waals surface area contributed by atoms with Crippen molar-refractivity contribution in [2.75, 3.05) is 5.32 Å². The van der Waals surface area contributed by atoms with E-state index in [2.05, 4.69) is 17.4 Å². The third-order valence-corrected chi connectivity index (χ3v) is 4.01. The Morgan fingerprint density at radius 3 is 2.40 bits per heavy atom. The van der Waals surface area contributed by atoms with Crippen molar-refractivity contribution in [1.82, 2.24) is 0 Å². The number of amides is 1. The predicted molar refractivity (Wildman–Crippen MR) is 81.1 cm³/mol. The standard InChI is InChI=1S/C18H15NO/c20-18-17(14-8-4-5-9-15(14)19-18)16(13-10-11-13)12-6-2-1-3-7-12/h1-9,13H,10-11H2,(H,19,20)/b17-16-. The largest absolute Gasteiger partial charge is 0.321 e. The molecule has 2 nitrogen and oxygen atoms in total. The Bertz CT molecular complexity index is 711. The molecule has 4 rings (SSSR count). The van der Waals surface area contributed by atoms with Crippen LogP contribution in [-0.4, -0.2) is 5.91 Å². The van der Waals surface area contributed by atoms with Crippen molar-refractivity contribution in [2.24, 2.45) is 5.92 Å². The number of anilines is 1. The molecule has 0 radical (unpaired) electrons. The van der Waals surface area contributed by atoms with Gasteiger partial charge in [-0.2, -0.15) is 0 Å². The molecule has 0 bridgehead atoms. The molecule has 1 aliphatic carbocycles. The van der Waals surface area contributed by atoms with Crippen LogP contribution in [-0.2, 0) is 4.79 Å². The smallest absolute Gasteiger partial charge is 0.256 e. The SMILES string of the molecule is O=C1Nc2ccccc2/C1=C(\c1ccccc1)C1CC1. The van der Waals surface area contributed by atoms with Gasteiger partial charge in [-0.05, 0) is 36.0 Å². The summed E-state index contributed by atoms with van der Waals surface area (Å²) in [6, 6.07) is 18.3. The van der Waals surface area contributed by atoms with Crippen molar-refractivity contribution < 1.29 is 4.79 Å². The van der Waals surface area contributed by atoms with Crippen LogP contribution in [0.25, 0.3) is 11.1 Å². The quantitative estimate of drug-likeness (QED) is 0.814. The predicted octanol–water partition coefficient (Wildman–Crippen LogP) is 3.96. The molecule has 0 saturated heterocycles. The molecule has 1 aliphatic heterocycles. The van der Waals surface area contributed by atoms with Gasteiger partial charge in [-0.15, -0.1) is 0 Å². The zero-order chi connectivity index (χ0) is 13.5. The third-order valence-electron chi connectivity index (χ3n) is 4.01. The van der Waals surface area contributed by atoms with Gasteiger partial charge < -0.3 is 5.32 Å². The van der Waals surface area contributed by atoms with Crippen molar-refractivity contribution in [2.45, 2.75) is 12.8 Å². The maximum atomic E-state index is 12.4. The summed E-state index contributed by atoms with van der Waals surface area (Å²) in [6.07, 6.45) is 2.37. The average molecular weight is 261 g/mol. The fourth-order valence-corrected chi connectivity index (χ4v) is 2.96. The van der Waals surface area contributed by atoms with Crippen LogP contribution in [0, 0.1) is 5.92 Å². The van der Waals surface area contributed by atoms with Crippen molar-refractivity contribution in [3.63, 3.8) is 0 Å². The highest BCUT2D eigenvalue weighted by molar-refractivity contribution is 6.37. The Hall–Kier alpha value is -2.35. The normalized spacial score (nSPS) is 19.5. The molecule has 1 saturated carbocycles. The summed E-state index contributed by atoms with van der Waals surface area (Å²) in [4.78, 5) is 12.4.